The van der Waals surface area contributed by atoms with Gasteiger partial charge in [0.2, 0.25) is 11.9 Å². The molecule has 1 fully saturated rings. The minimum absolute atomic E-state index is 0.0190. The van der Waals surface area contributed by atoms with Crippen molar-refractivity contribution in [1.29, 1.82) is 0 Å². The summed E-state index contributed by atoms with van der Waals surface area (Å²) in [7, 11) is 1.91. The van der Waals surface area contributed by atoms with E-state index in [1.807, 2.05) is 49.5 Å². The van der Waals surface area contributed by atoms with Gasteiger partial charge in [0.05, 0.1) is 17.4 Å². The molecular weight excluding hydrogens is 404 g/mol. The molecule has 0 bridgehead atoms. The molecule has 0 spiro atoms. The number of hydrogen-bond donors (Lipinski definition) is 1. The highest BCUT2D eigenvalue weighted by Crippen LogP contribution is 2.31. The molecule has 166 valence electrons. The van der Waals surface area contributed by atoms with Crippen LogP contribution in [0.4, 0.5) is 11.8 Å². The van der Waals surface area contributed by atoms with Crippen LogP contribution in [0.5, 0.6) is 0 Å². The van der Waals surface area contributed by atoms with Crippen molar-refractivity contribution >= 4 is 23.7 Å². The van der Waals surface area contributed by atoms with E-state index >= 15 is 0 Å². The quantitative estimate of drug-likeness (QED) is 0.616. The van der Waals surface area contributed by atoms with Crippen LogP contribution in [0.2, 0.25) is 0 Å². The Morgan fingerprint density at radius 2 is 1.94 bits per heavy atom. The van der Waals surface area contributed by atoms with Gasteiger partial charge < -0.3 is 10.2 Å². The standard InChI is InChI=1S/C23H28N8O/c1-15-18(16(2)30(4)29-15)9-10-22(32)31-13-6-5-8-20(31)19-14-21(27-17(3)26-19)28-23-24-11-7-12-25-23/h7,9-12,14,20H,5-6,8,13H2,1-4H3,(H,24,25,26,27,28)/b10-9+/t20-/m0/s1. The van der Waals surface area contributed by atoms with Crippen LogP contribution < -0.4 is 5.32 Å². The van der Waals surface area contributed by atoms with Crippen molar-refractivity contribution in [2.75, 3.05) is 11.9 Å². The molecule has 0 aromatic carbocycles. The summed E-state index contributed by atoms with van der Waals surface area (Å²) < 4.78 is 1.83. The number of hydrogen-bond acceptors (Lipinski definition) is 7. The summed E-state index contributed by atoms with van der Waals surface area (Å²) in [6.07, 6.45) is 9.76. The molecular formula is C23H28N8O. The maximum Gasteiger partial charge on any atom is 0.247 e. The predicted molar refractivity (Wildman–Crippen MR) is 122 cm³/mol. The summed E-state index contributed by atoms with van der Waals surface area (Å²) in [5.41, 5.74) is 3.76. The molecule has 0 aliphatic carbocycles. The van der Waals surface area contributed by atoms with Crippen molar-refractivity contribution in [1.82, 2.24) is 34.6 Å². The summed E-state index contributed by atoms with van der Waals surface area (Å²) in [6, 6.07) is 3.55. The van der Waals surface area contributed by atoms with E-state index in [-0.39, 0.29) is 11.9 Å². The van der Waals surface area contributed by atoms with E-state index in [2.05, 4.69) is 30.4 Å². The topological polar surface area (TPSA) is 102 Å². The monoisotopic (exact) mass is 432 g/mol. The van der Waals surface area contributed by atoms with Gasteiger partial charge in [-0.05, 0) is 52.2 Å². The number of rotatable bonds is 5. The van der Waals surface area contributed by atoms with Gasteiger partial charge in [-0.25, -0.2) is 19.9 Å². The summed E-state index contributed by atoms with van der Waals surface area (Å²) in [5.74, 6) is 1.71. The van der Waals surface area contributed by atoms with Gasteiger partial charge in [-0.2, -0.15) is 5.10 Å². The maximum absolute atomic E-state index is 13.2. The molecule has 9 nitrogen and oxygen atoms in total. The first kappa shape index (κ1) is 21.6. The number of aryl methyl sites for hydroxylation is 3. The third-order valence-electron chi connectivity index (χ3n) is 5.75. The van der Waals surface area contributed by atoms with Crippen LogP contribution >= 0.6 is 0 Å². The fourth-order valence-electron chi connectivity index (χ4n) is 4.09. The first-order valence-corrected chi connectivity index (χ1v) is 10.8. The molecule has 4 rings (SSSR count). The Kier molecular flexibility index (Phi) is 6.25. The summed E-state index contributed by atoms with van der Waals surface area (Å²) in [4.78, 5) is 32.6. The van der Waals surface area contributed by atoms with Gasteiger partial charge in [-0.15, -0.1) is 0 Å². The van der Waals surface area contributed by atoms with Gasteiger partial charge in [0.25, 0.3) is 0 Å². The second-order valence-electron chi connectivity index (χ2n) is 8.01. The number of anilines is 2. The molecule has 32 heavy (non-hydrogen) atoms. The first-order chi connectivity index (χ1) is 15.4. The number of nitrogens with one attached hydrogen (secondary N) is 1. The Labute approximate surface area is 187 Å². The van der Waals surface area contributed by atoms with Crippen LogP contribution in [0.3, 0.4) is 0 Å². The highest BCUT2D eigenvalue weighted by atomic mass is 16.2. The maximum atomic E-state index is 13.2. The van der Waals surface area contributed by atoms with Crippen molar-refractivity contribution in [2.24, 2.45) is 7.05 Å². The van der Waals surface area contributed by atoms with E-state index < -0.39 is 0 Å². The van der Waals surface area contributed by atoms with E-state index in [9.17, 15) is 4.79 Å². The minimum Gasteiger partial charge on any atom is -0.331 e. The number of carbonyl (C=O) groups excluding carboxylic acids is 1. The first-order valence-electron chi connectivity index (χ1n) is 10.8. The molecule has 1 aliphatic rings. The van der Waals surface area contributed by atoms with Crippen molar-refractivity contribution < 1.29 is 4.79 Å². The molecule has 1 N–H and O–H groups in total. The lowest BCUT2D eigenvalue weighted by Crippen LogP contribution is -2.38. The fraction of sp³-hybridized carbons (Fsp3) is 0.391. The lowest BCUT2D eigenvalue weighted by atomic mass is 9.98. The zero-order chi connectivity index (χ0) is 22.7. The molecule has 1 atom stereocenters. The van der Waals surface area contributed by atoms with Crippen LogP contribution in [-0.4, -0.2) is 47.1 Å². The summed E-state index contributed by atoms with van der Waals surface area (Å²) >= 11 is 0. The summed E-state index contributed by atoms with van der Waals surface area (Å²) in [5, 5.41) is 7.55. The number of amides is 1. The Balaban J connectivity index is 1.58. The molecule has 0 saturated carbocycles. The van der Waals surface area contributed by atoms with Crippen LogP contribution in [0, 0.1) is 20.8 Å². The smallest absolute Gasteiger partial charge is 0.247 e. The van der Waals surface area contributed by atoms with E-state index in [0.717, 1.165) is 41.9 Å². The molecule has 1 aliphatic heterocycles. The molecule has 9 heteroatoms. The SMILES string of the molecule is Cc1nc(Nc2ncccn2)cc([C@@H]2CCCCN2C(=O)/C=C/c2c(C)nn(C)c2C)n1. The zero-order valence-corrected chi connectivity index (χ0v) is 18.9. The Bertz CT molecular complexity index is 1140. The van der Waals surface area contributed by atoms with Crippen LogP contribution in [0.1, 0.15) is 53.8 Å². The molecule has 0 radical (unpaired) electrons. The number of aromatic nitrogens is 6. The second kappa shape index (κ2) is 9.25. The minimum atomic E-state index is -0.101. The second-order valence-corrected chi connectivity index (χ2v) is 8.01. The number of likely N-dealkylation sites (tertiary alicyclic amines) is 1. The van der Waals surface area contributed by atoms with Crippen LogP contribution in [0.25, 0.3) is 6.08 Å². The third kappa shape index (κ3) is 4.66. The highest BCUT2D eigenvalue weighted by molar-refractivity contribution is 5.92. The van der Waals surface area contributed by atoms with Gasteiger partial charge in [-0.1, -0.05) is 0 Å². The Morgan fingerprint density at radius 3 is 2.66 bits per heavy atom. The largest absolute Gasteiger partial charge is 0.331 e. The predicted octanol–water partition coefficient (Wildman–Crippen LogP) is 3.44. The van der Waals surface area contributed by atoms with Crippen molar-refractivity contribution in [2.45, 2.75) is 46.1 Å². The Hall–Kier alpha value is -3.62. The van der Waals surface area contributed by atoms with Crippen molar-refractivity contribution in [3.05, 3.63) is 59.1 Å². The van der Waals surface area contributed by atoms with E-state index in [0.29, 0.717) is 24.1 Å². The van der Waals surface area contributed by atoms with Crippen molar-refractivity contribution in [3.63, 3.8) is 0 Å². The van der Waals surface area contributed by atoms with Crippen molar-refractivity contribution in [3.8, 4) is 0 Å². The highest BCUT2D eigenvalue weighted by Gasteiger charge is 2.28. The number of nitrogens with zero attached hydrogens (tertiary/aromatic N) is 7. The van der Waals surface area contributed by atoms with Gasteiger partial charge in [0.15, 0.2) is 0 Å². The van der Waals surface area contributed by atoms with E-state index in [4.69, 9.17) is 0 Å². The lowest BCUT2D eigenvalue weighted by Gasteiger charge is -2.35. The normalized spacial score (nSPS) is 16.5. The molecule has 3 aromatic rings. The molecule has 0 unspecified atom stereocenters. The lowest BCUT2D eigenvalue weighted by molar-refractivity contribution is -0.129. The zero-order valence-electron chi connectivity index (χ0n) is 18.9. The molecule has 3 aromatic heterocycles. The van der Waals surface area contributed by atoms with Gasteiger partial charge in [-0.3, -0.25) is 9.48 Å². The van der Waals surface area contributed by atoms with E-state index in [1.165, 1.54) is 0 Å². The van der Waals surface area contributed by atoms with E-state index in [1.54, 1.807) is 24.5 Å². The number of piperidine rings is 1. The van der Waals surface area contributed by atoms with Gasteiger partial charge >= 0.3 is 0 Å². The summed E-state index contributed by atoms with van der Waals surface area (Å²) in [6.45, 7) is 6.51. The molecule has 1 amide bonds. The molecule has 4 heterocycles. The fourth-order valence-corrected chi connectivity index (χ4v) is 4.09. The average molecular weight is 433 g/mol. The molecule has 1 saturated heterocycles. The third-order valence-corrected chi connectivity index (χ3v) is 5.75. The van der Waals surface area contributed by atoms with Crippen LogP contribution in [-0.2, 0) is 11.8 Å². The van der Waals surface area contributed by atoms with Crippen LogP contribution in [0.15, 0.2) is 30.6 Å². The average Bonchev–Trinajstić information content (AvgIpc) is 3.03. The Morgan fingerprint density at radius 1 is 1.16 bits per heavy atom. The number of carbonyl (C=O) groups is 1. The van der Waals surface area contributed by atoms with Gasteiger partial charge in [0.1, 0.15) is 11.6 Å². The van der Waals surface area contributed by atoms with Gasteiger partial charge in [0, 0.05) is 49.4 Å².